The van der Waals surface area contributed by atoms with Gasteiger partial charge in [-0.25, -0.2) is 0 Å². The molecule has 0 bridgehead atoms. The first kappa shape index (κ1) is 10.1. The van der Waals surface area contributed by atoms with Crippen LogP contribution in [0.5, 0.6) is 0 Å². The third-order valence-corrected chi connectivity index (χ3v) is 2.25. The summed E-state index contributed by atoms with van der Waals surface area (Å²) in [4.78, 5) is 10.9. The molecule has 0 saturated carbocycles. The molecule has 0 radical (unpaired) electrons. The highest BCUT2D eigenvalue weighted by molar-refractivity contribution is 6.01. The summed E-state index contributed by atoms with van der Waals surface area (Å²) in [6, 6.07) is 9.37. The van der Waals surface area contributed by atoms with Gasteiger partial charge in [0.05, 0.1) is 11.6 Å². The zero-order chi connectivity index (χ0) is 11.4. The van der Waals surface area contributed by atoms with Gasteiger partial charge in [0.15, 0.2) is 5.78 Å². The maximum Gasteiger partial charge on any atom is 0.178 e. The Morgan fingerprint density at radius 3 is 2.19 bits per heavy atom. The van der Waals surface area contributed by atoms with E-state index in [1.165, 1.54) is 12.2 Å². The van der Waals surface area contributed by atoms with Crippen LogP contribution in [-0.4, -0.2) is 5.78 Å². The molecule has 76 valence electrons. The van der Waals surface area contributed by atoms with Crippen LogP contribution in [0.1, 0.15) is 11.1 Å². The molecule has 0 heterocycles. The van der Waals surface area contributed by atoms with Gasteiger partial charge in [-0.3, -0.25) is 4.79 Å². The first-order valence-corrected chi connectivity index (χ1v) is 4.90. The van der Waals surface area contributed by atoms with Gasteiger partial charge >= 0.3 is 0 Å². The molecule has 16 heavy (non-hydrogen) atoms. The van der Waals surface area contributed by atoms with Gasteiger partial charge in [-0.2, -0.15) is 5.26 Å². The summed E-state index contributed by atoms with van der Waals surface area (Å²) in [5, 5.41) is 8.65. The number of carbonyl (C=O) groups excluding carboxylic acids is 1. The van der Waals surface area contributed by atoms with Gasteiger partial charge in [0.1, 0.15) is 0 Å². The number of nitriles is 1. The van der Waals surface area contributed by atoms with E-state index in [9.17, 15) is 4.79 Å². The smallest absolute Gasteiger partial charge is 0.178 e. The molecule has 0 N–H and O–H groups in total. The number of benzene rings is 1. The van der Waals surface area contributed by atoms with E-state index in [0.717, 1.165) is 11.1 Å². The SMILES string of the molecule is N#Cc1ccc(C=C2C=CC(=O)C=C2)cc1. The maximum absolute atomic E-state index is 10.9. The molecule has 0 unspecified atom stereocenters. The molecule has 0 aromatic heterocycles. The molecule has 2 rings (SSSR count). The van der Waals surface area contributed by atoms with Crippen LogP contribution < -0.4 is 0 Å². The van der Waals surface area contributed by atoms with Crippen LogP contribution in [-0.2, 0) is 4.79 Å². The van der Waals surface area contributed by atoms with Crippen molar-refractivity contribution < 1.29 is 4.79 Å². The number of ketones is 1. The Balaban J connectivity index is 2.24. The first-order chi connectivity index (χ1) is 7.78. The lowest BCUT2D eigenvalue weighted by Crippen LogP contribution is -1.91. The third-order valence-electron chi connectivity index (χ3n) is 2.25. The Morgan fingerprint density at radius 1 is 1.00 bits per heavy atom. The minimum Gasteiger partial charge on any atom is -0.290 e. The molecular weight excluding hydrogens is 198 g/mol. The van der Waals surface area contributed by atoms with Gasteiger partial charge in [0.25, 0.3) is 0 Å². The second kappa shape index (κ2) is 4.41. The van der Waals surface area contributed by atoms with E-state index >= 15 is 0 Å². The van der Waals surface area contributed by atoms with Crippen LogP contribution in [0.15, 0.2) is 54.1 Å². The molecule has 0 atom stereocenters. The Hall–Kier alpha value is -2.40. The highest BCUT2D eigenvalue weighted by Crippen LogP contribution is 2.13. The average molecular weight is 207 g/mol. The number of rotatable bonds is 1. The van der Waals surface area contributed by atoms with Crippen LogP contribution in [0.25, 0.3) is 6.08 Å². The molecule has 1 aromatic carbocycles. The van der Waals surface area contributed by atoms with E-state index in [1.807, 2.05) is 18.2 Å². The first-order valence-electron chi connectivity index (χ1n) is 4.90. The van der Waals surface area contributed by atoms with Crippen molar-refractivity contribution in [2.24, 2.45) is 0 Å². The molecule has 1 aliphatic carbocycles. The fourth-order valence-electron chi connectivity index (χ4n) is 1.41. The molecular formula is C14H9NO. The monoisotopic (exact) mass is 207 g/mol. The predicted molar refractivity (Wildman–Crippen MR) is 62.4 cm³/mol. The summed E-state index contributed by atoms with van der Waals surface area (Å²) in [5.41, 5.74) is 2.63. The van der Waals surface area contributed by atoms with Crippen molar-refractivity contribution in [3.63, 3.8) is 0 Å². The Morgan fingerprint density at radius 2 is 1.62 bits per heavy atom. The van der Waals surface area contributed by atoms with Gasteiger partial charge < -0.3 is 0 Å². The lowest BCUT2D eigenvalue weighted by molar-refractivity contribution is -0.110. The van der Waals surface area contributed by atoms with Crippen molar-refractivity contribution in [3.8, 4) is 6.07 Å². The molecule has 0 fully saturated rings. The van der Waals surface area contributed by atoms with Crippen molar-refractivity contribution in [1.82, 2.24) is 0 Å². The lowest BCUT2D eigenvalue weighted by Gasteiger charge is -2.00. The molecule has 1 aromatic rings. The number of hydrogen-bond acceptors (Lipinski definition) is 2. The summed E-state index contributed by atoms with van der Waals surface area (Å²) >= 11 is 0. The number of nitrogens with zero attached hydrogens (tertiary/aromatic N) is 1. The number of carbonyl (C=O) groups is 1. The zero-order valence-corrected chi connectivity index (χ0v) is 8.55. The molecule has 0 amide bonds. The Kier molecular flexibility index (Phi) is 2.79. The second-order valence-electron chi connectivity index (χ2n) is 3.45. The van der Waals surface area contributed by atoms with Crippen LogP contribution in [0.3, 0.4) is 0 Å². The topological polar surface area (TPSA) is 40.9 Å². The molecule has 2 nitrogen and oxygen atoms in total. The Bertz CT molecular complexity index is 521. The third kappa shape index (κ3) is 2.34. The maximum atomic E-state index is 10.9. The quantitative estimate of drug-likeness (QED) is 0.710. The van der Waals surface area contributed by atoms with E-state index < -0.39 is 0 Å². The van der Waals surface area contributed by atoms with Crippen LogP contribution >= 0.6 is 0 Å². The summed E-state index contributed by atoms with van der Waals surface area (Å²) in [5.74, 6) is 0.0111. The summed E-state index contributed by atoms with van der Waals surface area (Å²) in [6.07, 6.45) is 8.59. The second-order valence-corrected chi connectivity index (χ2v) is 3.45. The lowest BCUT2D eigenvalue weighted by atomic mass is 10.0. The van der Waals surface area contributed by atoms with Gasteiger partial charge in [-0.05, 0) is 41.5 Å². The Labute approximate surface area is 93.8 Å². The van der Waals surface area contributed by atoms with Crippen molar-refractivity contribution in [1.29, 1.82) is 5.26 Å². The van der Waals surface area contributed by atoms with Gasteiger partial charge in [0.2, 0.25) is 0 Å². The van der Waals surface area contributed by atoms with E-state index in [0.29, 0.717) is 5.56 Å². The standard InChI is InChI=1S/C14H9NO/c15-10-13-3-1-11(2-4-13)9-12-5-7-14(16)8-6-12/h1-9H. The molecule has 2 heteroatoms. The summed E-state index contributed by atoms with van der Waals surface area (Å²) < 4.78 is 0. The normalized spacial score (nSPS) is 13.7. The van der Waals surface area contributed by atoms with Crippen molar-refractivity contribution in [3.05, 3.63) is 65.3 Å². The number of hydrogen-bond donors (Lipinski definition) is 0. The molecule has 0 saturated heterocycles. The van der Waals surface area contributed by atoms with Crippen LogP contribution in [0, 0.1) is 11.3 Å². The van der Waals surface area contributed by atoms with Crippen molar-refractivity contribution in [2.75, 3.05) is 0 Å². The minimum atomic E-state index is 0.0111. The van der Waals surface area contributed by atoms with Gasteiger partial charge in [0, 0.05) is 0 Å². The van der Waals surface area contributed by atoms with Crippen molar-refractivity contribution >= 4 is 11.9 Å². The van der Waals surface area contributed by atoms with Crippen LogP contribution in [0.2, 0.25) is 0 Å². The average Bonchev–Trinajstić information content (AvgIpc) is 2.33. The van der Waals surface area contributed by atoms with E-state index in [4.69, 9.17) is 5.26 Å². The fourth-order valence-corrected chi connectivity index (χ4v) is 1.41. The highest BCUT2D eigenvalue weighted by atomic mass is 16.1. The van der Waals surface area contributed by atoms with Gasteiger partial charge in [-0.1, -0.05) is 24.3 Å². The van der Waals surface area contributed by atoms with Gasteiger partial charge in [-0.15, -0.1) is 0 Å². The van der Waals surface area contributed by atoms with Crippen molar-refractivity contribution in [2.45, 2.75) is 0 Å². The minimum absolute atomic E-state index is 0.0111. The van der Waals surface area contributed by atoms with E-state index in [-0.39, 0.29) is 5.78 Å². The van der Waals surface area contributed by atoms with E-state index in [1.54, 1.807) is 24.3 Å². The molecule has 0 aliphatic heterocycles. The number of allylic oxidation sites excluding steroid dienone is 5. The molecule has 1 aliphatic rings. The largest absolute Gasteiger partial charge is 0.290 e. The summed E-state index contributed by atoms with van der Waals surface area (Å²) in [6.45, 7) is 0. The highest BCUT2D eigenvalue weighted by Gasteiger charge is 1.98. The molecule has 0 spiro atoms. The zero-order valence-electron chi connectivity index (χ0n) is 8.55. The summed E-state index contributed by atoms with van der Waals surface area (Å²) in [7, 11) is 0. The van der Waals surface area contributed by atoms with Crippen LogP contribution in [0.4, 0.5) is 0 Å². The fraction of sp³-hybridized carbons (Fsp3) is 0. The predicted octanol–water partition coefficient (Wildman–Crippen LogP) is 2.64. The van der Waals surface area contributed by atoms with E-state index in [2.05, 4.69) is 6.07 Å².